The summed E-state index contributed by atoms with van der Waals surface area (Å²) >= 11 is 0. The Morgan fingerprint density at radius 3 is 0.753 bits per heavy atom. The summed E-state index contributed by atoms with van der Waals surface area (Å²) in [6.07, 6.45) is 98.5. The highest BCUT2D eigenvalue weighted by molar-refractivity contribution is 5.71. The molecule has 81 heavy (non-hydrogen) atoms. The number of carbonyl (C=O) groups excluding carboxylic acids is 3. The predicted molar refractivity (Wildman–Crippen MR) is 352 cm³/mol. The van der Waals surface area contributed by atoms with E-state index in [4.69, 9.17) is 14.2 Å². The largest absolute Gasteiger partial charge is 0.462 e. The van der Waals surface area contributed by atoms with E-state index in [0.29, 0.717) is 19.3 Å². The molecule has 0 heterocycles. The molecule has 6 nitrogen and oxygen atoms in total. The van der Waals surface area contributed by atoms with Crippen LogP contribution in [0.3, 0.4) is 0 Å². The minimum absolute atomic E-state index is 0.0918. The van der Waals surface area contributed by atoms with E-state index < -0.39 is 6.10 Å². The average Bonchev–Trinajstić information content (AvgIpc) is 3.47. The number of unbranched alkanes of at least 4 members (excludes halogenated alkanes) is 21. The van der Waals surface area contributed by atoms with E-state index in [9.17, 15) is 14.4 Å². The molecule has 0 saturated carbocycles. The zero-order valence-corrected chi connectivity index (χ0v) is 52.2. The van der Waals surface area contributed by atoms with Crippen molar-refractivity contribution in [2.75, 3.05) is 13.2 Å². The Labute approximate surface area is 499 Å². The van der Waals surface area contributed by atoms with Gasteiger partial charge in [-0.3, -0.25) is 14.4 Å². The number of hydrogen-bond acceptors (Lipinski definition) is 6. The van der Waals surface area contributed by atoms with Crippen LogP contribution in [0.25, 0.3) is 0 Å². The molecular formula is C75H120O6. The number of carbonyl (C=O) groups is 3. The highest BCUT2D eigenvalue weighted by Gasteiger charge is 2.19. The third-order valence-electron chi connectivity index (χ3n) is 13.5. The summed E-state index contributed by atoms with van der Waals surface area (Å²) in [6.45, 7) is 6.35. The van der Waals surface area contributed by atoms with Crippen molar-refractivity contribution in [3.05, 3.63) is 158 Å². The Balaban J connectivity index is 4.23. The van der Waals surface area contributed by atoms with Gasteiger partial charge in [0.25, 0.3) is 0 Å². The van der Waals surface area contributed by atoms with Gasteiger partial charge in [-0.1, -0.05) is 288 Å². The second-order valence-corrected chi connectivity index (χ2v) is 21.3. The van der Waals surface area contributed by atoms with Crippen LogP contribution in [0, 0.1) is 0 Å². The molecule has 0 radical (unpaired) electrons. The van der Waals surface area contributed by atoms with Crippen molar-refractivity contribution in [3.63, 3.8) is 0 Å². The Morgan fingerprint density at radius 2 is 0.481 bits per heavy atom. The molecule has 0 fully saturated rings. The molecule has 0 N–H and O–H groups in total. The summed E-state index contributed by atoms with van der Waals surface area (Å²) in [6, 6.07) is 0. The van der Waals surface area contributed by atoms with E-state index in [2.05, 4.69) is 179 Å². The van der Waals surface area contributed by atoms with Gasteiger partial charge in [-0.05, 0) is 128 Å². The first-order valence-electron chi connectivity index (χ1n) is 33.0. The number of hydrogen-bond donors (Lipinski definition) is 0. The summed E-state index contributed by atoms with van der Waals surface area (Å²) in [5.74, 6) is -0.929. The monoisotopic (exact) mass is 1120 g/mol. The third kappa shape index (κ3) is 65.7. The van der Waals surface area contributed by atoms with E-state index >= 15 is 0 Å². The highest BCUT2D eigenvalue weighted by Crippen LogP contribution is 2.15. The van der Waals surface area contributed by atoms with Crippen molar-refractivity contribution in [3.8, 4) is 0 Å². The van der Waals surface area contributed by atoms with Crippen LogP contribution in [0.1, 0.15) is 278 Å². The molecule has 0 rings (SSSR count). The summed E-state index contributed by atoms with van der Waals surface area (Å²) < 4.78 is 16.8. The van der Waals surface area contributed by atoms with Crippen molar-refractivity contribution in [2.45, 2.75) is 284 Å². The summed E-state index contributed by atoms with van der Waals surface area (Å²) in [5, 5.41) is 0. The maximum absolute atomic E-state index is 12.9. The van der Waals surface area contributed by atoms with Gasteiger partial charge in [0.2, 0.25) is 0 Å². The topological polar surface area (TPSA) is 78.9 Å². The zero-order chi connectivity index (χ0) is 58.5. The van der Waals surface area contributed by atoms with E-state index in [1.165, 1.54) is 83.5 Å². The summed E-state index contributed by atoms with van der Waals surface area (Å²) in [5.41, 5.74) is 0. The first-order chi connectivity index (χ1) is 40.0. The molecule has 6 heteroatoms. The van der Waals surface area contributed by atoms with Crippen LogP contribution in [0.4, 0.5) is 0 Å². The van der Waals surface area contributed by atoms with Gasteiger partial charge >= 0.3 is 17.9 Å². The van der Waals surface area contributed by atoms with Gasteiger partial charge in [-0.2, -0.15) is 0 Å². The third-order valence-corrected chi connectivity index (χ3v) is 13.5. The molecule has 0 aromatic rings. The lowest BCUT2D eigenvalue weighted by atomic mass is 10.0. The van der Waals surface area contributed by atoms with Crippen molar-refractivity contribution < 1.29 is 28.6 Å². The smallest absolute Gasteiger partial charge is 0.306 e. The van der Waals surface area contributed by atoms with Crippen LogP contribution in [-0.2, 0) is 28.6 Å². The molecule has 0 aliphatic heterocycles. The van der Waals surface area contributed by atoms with Crippen LogP contribution in [0.5, 0.6) is 0 Å². The number of ether oxygens (including phenoxy) is 3. The highest BCUT2D eigenvalue weighted by atomic mass is 16.6. The molecule has 0 aliphatic carbocycles. The fraction of sp³-hybridized carbons (Fsp3) is 0.613. The van der Waals surface area contributed by atoms with E-state index in [1.807, 2.05) is 0 Å². The van der Waals surface area contributed by atoms with Crippen molar-refractivity contribution in [1.82, 2.24) is 0 Å². The molecule has 0 bridgehead atoms. The molecule has 0 aromatic carbocycles. The van der Waals surface area contributed by atoms with E-state index in [1.54, 1.807) is 0 Å². The molecule has 1 atom stereocenters. The van der Waals surface area contributed by atoms with Gasteiger partial charge in [0.15, 0.2) is 6.10 Å². The average molecular weight is 1120 g/mol. The molecule has 456 valence electrons. The SMILES string of the molecule is CC/C=C\C/C=C\C/C=C\C/C=C\C/C=C\C/C=C\C/C=C\C/C=C\CCCCCCC(=O)OCC(COC(=O)CCCCCCCCC)OC(=O)CCCCCCCCCCCCC/C=C\C/C=C\C/C=C\C/C=C\C/C=C\CC. The second-order valence-electron chi connectivity index (χ2n) is 21.3. The molecule has 0 saturated heterocycles. The van der Waals surface area contributed by atoms with Crippen LogP contribution in [0.2, 0.25) is 0 Å². The molecule has 0 spiro atoms. The molecule has 0 amide bonds. The molecule has 0 aliphatic rings. The van der Waals surface area contributed by atoms with Crippen LogP contribution < -0.4 is 0 Å². The Morgan fingerprint density at radius 1 is 0.259 bits per heavy atom. The van der Waals surface area contributed by atoms with E-state index in [0.717, 1.165) is 154 Å². The predicted octanol–water partition coefficient (Wildman–Crippen LogP) is 22.9. The number of esters is 3. The molecular weight excluding hydrogens is 997 g/mol. The minimum atomic E-state index is -0.796. The molecule has 0 aromatic heterocycles. The number of rotatable bonds is 58. The first-order valence-corrected chi connectivity index (χ1v) is 33.0. The fourth-order valence-corrected chi connectivity index (χ4v) is 8.66. The Bertz CT molecular complexity index is 1810. The fourth-order valence-electron chi connectivity index (χ4n) is 8.66. The second kappa shape index (κ2) is 67.5. The normalized spacial score (nSPS) is 13.2. The Hall–Kier alpha value is -4.97. The van der Waals surface area contributed by atoms with Gasteiger partial charge in [0.1, 0.15) is 13.2 Å². The standard InChI is InChI=1S/C75H120O6/c1-4-7-10-13-16-18-20-22-24-26-28-30-32-34-36-37-39-40-42-44-46-48-50-52-54-56-59-62-65-68-74(77)80-71-72(70-79-73(76)67-64-61-58-15-12-9-6-3)81-75(78)69-66-63-60-57-55-53-51-49-47-45-43-41-38-35-33-31-29-27-25-23-21-19-17-14-11-8-5-2/h7-8,10-11,16-19,22-25,28-31,34-36,38-40,44,46,50,52,72H,4-6,9,12-15,20-21,26-27,32-33,37,41-43,45,47-49,51,53-71H2,1-3H3/b10-7-,11-8-,18-16-,19-17-,24-22-,25-23-,30-28-,31-29-,36-34-,38-35-,40-39-,46-44-,52-50-. The summed E-state index contributed by atoms with van der Waals surface area (Å²) in [7, 11) is 0. The lowest BCUT2D eigenvalue weighted by molar-refractivity contribution is -0.167. The lowest BCUT2D eigenvalue weighted by Crippen LogP contribution is -2.30. The van der Waals surface area contributed by atoms with Crippen LogP contribution in [-0.4, -0.2) is 37.2 Å². The van der Waals surface area contributed by atoms with Gasteiger partial charge in [-0.25, -0.2) is 0 Å². The van der Waals surface area contributed by atoms with Crippen LogP contribution >= 0.6 is 0 Å². The van der Waals surface area contributed by atoms with Crippen molar-refractivity contribution in [2.24, 2.45) is 0 Å². The van der Waals surface area contributed by atoms with Crippen molar-refractivity contribution >= 4 is 17.9 Å². The first kappa shape index (κ1) is 76.0. The van der Waals surface area contributed by atoms with Crippen LogP contribution in [0.15, 0.2) is 158 Å². The Kier molecular flexibility index (Phi) is 63.4. The zero-order valence-electron chi connectivity index (χ0n) is 52.2. The van der Waals surface area contributed by atoms with Gasteiger partial charge in [-0.15, -0.1) is 0 Å². The van der Waals surface area contributed by atoms with E-state index in [-0.39, 0.29) is 31.1 Å². The quantitative estimate of drug-likeness (QED) is 0.0261. The minimum Gasteiger partial charge on any atom is -0.462 e. The maximum Gasteiger partial charge on any atom is 0.306 e. The van der Waals surface area contributed by atoms with Gasteiger partial charge < -0.3 is 14.2 Å². The maximum atomic E-state index is 12.9. The summed E-state index contributed by atoms with van der Waals surface area (Å²) in [4.78, 5) is 38.1. The van der Waals surface area contributed by atoms with Gasteiger partial charge in [0.05, 0.1) is 0 Å². The lowest BCUT2D eigenvalue weighted by Gasteiger charge is -2.18. The number of allylic oxidation sites excluding steroid dienone is 26. The van der Waals surface area contributed by atoms with Gasteiger partial charge in [0, 0.05) is 19.3 Å². The molecule has 1 unspecified atom stereocenters. The van der Waals surface area contributed by atoms with Crippen molar-refractivity contribution in [1.29, 1.82) is 0 Å².